The maximum atomic E-state index is 12.4. The first-order valence-corrected chi connectivity index (χ1v) is 8.71. The van der Waals surface area contributed by atoms with Gasteiger partial charge in [0.1, 0.15) is 0 Å². The maximum Gasteiger partial charge on any atom is 0.228 e. The molecule has 0 saturated heterocycles. The van der Waals surface area contributed by atoms with E-state index in [2.05, 4.69) is 20.6 Å². The van der Waals surface area contributed by atoms with Crippen LogP contribution in [0.4, 0.5) is 5.13 Å². The molecule has 0 aliphatic rings. The number of thiazole rings is 1. The van der Waals surface area contributed by atoms with E-state index in [1.807, 2.05) is 54.0 Å². The van der Waals surface area contributed by atoms with Crippen molar-refractivity contribution in [2.45, 2.75) is 19.4 Å². The lowest BCUT2D eigenvalue weighted by molar-refractivity contribution is -0.120. The molecule has 1 atom stereocenters. The number of aromatic amines is 1. The minimum atomic E-state index is -0.374. The minimum Gasteiger partial charge on any atom is -0.360 e. The van der Waals surface area contributed by atoms with Crippen LogP contribution in [0.3, 0.4) is 0 Å². The van der Waals surface area contributed by atoms with E-state index in [1.165, 1.54) is 18.3 Å². The summed E-state index contributed by atoms with van der Waals surface area (Å²) in [6.07, 6.45) is 1.96. The number of benzene rings is 1. The van der Waals surface area contributed by atoms with E-state index in [0.29, 0.717) is 5.13 Å². The van der Waals surface area contributed by atoms with Crippen molar-refractivity contribution in [3.8, 4) is 11.4 Å². The Morgan fingerprint density at radius 3 is 2.68 bits per heavy atom. The Balaban J connectivity index is 1.66. The number of hydrogen-bond acceptors (Lipinski definition) is 4. The van der Waals surface area contributed by atoms with Gasteiger partial charge in [-0.2, -0.15) is 0 Å². The molecule has 0 spiro atoms. The van der Waals surface area contributed by atoms with Crippen LogP contribution in [0.15, 0.2) is 54.0 Å². The second-order valence-corrected chi connectivity index (χ2v) is 6.40. The second-order valence-electron chi connectivity index (χ2n) is 5.54. The second kappa shape index (κ2) is 7.76. The molecular weight excluding hydrogens is 336 g/mol. The summed E-state index contributed by atoms with van der Waals surface area (Å²) >= 11 is 1.36. The maximum absolute atomic E-state index is 12.4. The van der Waals surface area contributed by atoms with Gasteiger partial charge in [0.05, 0.1) is 23.9 Å². The Bertz CT molecular complexity index is 843. The summed E-state index contributed by atoms with van der Waals surface area (Å²) in [7, 11) is 0. The number of anilines is 1. The van der Waals surface area contributed by atoms with Crippen molar-refractivity contribution in [2.75, 3.05) is 5.32 Å². The van der Waals surface area contributed by atoms with Gasteiger partial charge in [-0.15, -0.1) is 11.3 Å². The number of rotatable bonds is 6. The van der Waals surface area contributed by atoms with Crippen LogP contribution in [-0.2, 0) is 9.59 Å². The summed E-state index contributed by atoms with van der Waals surface area (Å²) in [6, 6.07) is 12.9. The van der Waals surface area contributed by atoms with Crippen LogP contribution in [0, 0.1) is 0 Å². The molecule has 0 aliphatic carbocycles. The molecule has 1 aromatic carbocycles. The van der Waals surface area contributed by atoms with E-state index in [-0.39, 0.29) is 24.3 Å². The van der Waals surface area contributed by atoms with Gasteiger partial charge in [0.15, 0.2) is 5.13 Å². The van der Waals surface area contributed by atoms with E-state index in [0.717, 1.165) is 17.0 Å². The number of H-pyrrole nitrogens is 1. The van der Waals surface area contributed by atoms with Crippen molar-refractivity contribution in [3.05, 3.63) is 59.6 Å². The summed E-state index contributed by atoms with van der Waals surface area (Å²) in [5.41, 5.74) is 2.57. The fraction of sp³-hybridized carbons (Fsp3) is 0.167. The molecule has 3 rings (SSSR count). The number of carbonyl (C=O) groups excluding carboxylic acids is 2. The molecule has 3 aromatic rings. The van der Waals surface area contributed by atoms with Crippen molar-refractivity contribution in [1.29, 1.82) is 0 Å². The third kappa shape index (κ3) is 4.54. The molecule has 0 bridgehead atoms. The topological polar surface area (TPSA) is 86.9 Å². The highest BCUT2D eigenvalue weighted by molar-refractivity contribution is 7.14. The van der Waals surface area contributed by atoms with Crippen LogP contribution in [0.5, 0.6) is 0 Å². The highest BCUT2D eigenvalue weighted by atomic mass is 32.1. The average molecular weight is 354 g/mol. The van der Waals surface area contributed by atoms with E-state index in [9.17, 15) is 9.59 Å². The first kappa shape index (κ1) is 16.9. The molecule has 2 heterocycles. The molecule has 128 valence electrons. The van der Waals surface area contributed by atoms with E-state index < -0.39 is 0 Å². The quantitative estimate of drug-likeness (QED) is 0.634. The van der Waals surface area contributed by atoms with Crippen LogP contribution in [-0.4, -0.2) is 21.8 Å². The molecular formula is C18H18N4O2S. The zero-order chi connectivity index (χ0) is 17.6. The smallest absolute Gasteiger partial charge is 0.228 e. The monoisotopic (exact) mass is 354 g/mol. The zero-order valence-electron chi connectivity index (χ0n) is 13.7. The molecule has 0 saturated carbocycles. The predicted molar refractivity (Wildman–Crippen MR) is 98.1 cm³/mol. The van der Waals surface area contributed by atoms with Gasteiger partial charge in [-0.05, 0) is 17.7 Å². The zero-order valence-corrected chi connectivity index (χ0v) is 14.5. The van der Waals surface area contributed by atoms with Crippen LogP contribution in [0.1, 0.15) is 24.9 Å². The van der Waals surface area contributed by atoms with Crippen LogP contribution in [0.25, 0.3) is 11.4 Å². The lowest BCUT2D eigenvalue weighted by atomic mass is 10.0. The lowest BCUT2D eigenvalue weighted by Gasteiger charge is -2.17. The molecule has 0 aliphatic heterocycles. The highest BCUT2D eigenvalue weighted by Gasteiger charge is 2.18. The van der Waals surface area contributed by atoms with Gasteiger partial charge < -0.3 is 15.6 Å². The van der Waals surface area contributed by atoms with E-state index >= 15 is 0 Å². The van der Waals surface area contributed by atoms with Gasteiger partial charge in [-0.3, -0.25) is 9.59 Å². The summed E-state index contributed by atoms with van der Waals surface area (Å²) in [5, 5.41) is 8.03. The third-order valence-corrected chi connectivity index (χ3v) is 4.35. The molecule has 6 nitrogen and oxygen atoms in total. The number of nitrogens with one attached hydrogen (secondary N) is 3. The number of carbonyl (C=O) groups is 2. The number of hydrogen-bond donors (Lipinski definition) is 3. The van der Waals surface area contributed by atoms with E-state index in [1.54, 1.807) is 0 Å². The molecule has 7 heteroatoms. The number of amides is 2. The molecule has 2 aromatic heterocycles. The highest BCUT2D eigenvalue weighted by Crippen LogP contribution is 2.24. The molecule has 0 unspecified atom stereocenters. The van der Waals surface area contributed by atoms with E-state index in [4.69, 9.17) is 0 Å². The summed E-state index contributed by atoms with van der Waals surface area (Å²) < 4.78 is 0. The number of nitrogens with zero attached hydrogens (tertiary/aromatic N) is 1. The third-order valence-electron chi connectivity index (χ3n) is 3.59. The Morgan fingerprint density at radius 1 is 1.20 bits per heavy atom. The molecule has 25 heavy (non-hydrogen) atoms. The molecule has 0 radical (unpaired) electrons. The Morgan fingerprint density at radius 2 is 2.00 bits per heavy atom. The SMILES string of the molecule is CC(=O)N[C@H](CC(=O)Nc1nc(-c2ccc[nH]2)cs1)c1ccccc1. The first-order valence-electron chi connectivity index (χ1n) is 7.83. The normalized spacial score (nSPS) is 11.7. The Hall–Kier alpha value is -2.93. The molecule has 3 N–H and O–H groups in total. The fourth-order valence-electron chi connectivity index (χ4n) is 2.48. The minimum absolute atomic E-state index is 0.140. The van der Waals surface area contributed by atoms with Crippen molar-refractivity contribution in [3.63, 3.8) is 0 Å². The fourth-order valence-corrected chi connectivity index (χ4v) is 3.21. The predicted octanol–water partition coefficient (Wildman–Crippen LogP) is 3.34. The van der Waals surface area contributed by atoms with Crippen molar-refractivity contribution >= 4 is 28.3 Å². The Labute approximate surface area is 149 Å². The molecule has 2 amide bonds. The van der Waals surface area contributed by atoms with Gasteiger partial charge >= 0.3 is 0 Å². The standard InChI is InChI=1S/C18H18N4O2S/c1-12(23)20-15(13-6-3-2-4-7-13)10-17(24)22-18-21-16(11-25-18)14-8-5-9-19-14/h2-9,11,15,19H,10H2,1H3,(H,20,23)(H,21,22,24)/t15-/m1/s1. The van der Waals surface area contributed by atoms with Gasteiger partial charge in [-0.25, -0.2) is 4.98 Å². The molecule has 0 fully saturated rings. The van der Waals surface area contributed by atoms with Crippen LogP contribution in [0.2, 0.25) is 0 Å². The van der Waals surface area contributed by atoms with Crippen molar-refractivity contribution in [2.24, 2.45) is 0 Å². The summed E-state index contributed by atoms with van der Waals surface area (Å²) in [4.78, 5) is 31.3. The van der Waals surface area contributed by atoms with Crippen LogP contribution < -0.4 is 10.6 Å². The summed E-state index contributed by atoms with van der Waals surface area (Å²) in [6.45, 7) is 1.44. The number of aromatic nitrogens is 2. The van der Waals surface area contributed by atoms with Crippen LogP contribution >= 0.6 is 11.3 Å². The van der Waals surface area contributed by atoms with Gasteiger partial charge in [-0.1, -0.05) is 30.3 Å². The summed E-state index contributed by atoms with van der Waals surface area (Å²) in [5.74, 6) is -0.375. The lowest BCUT2D eigenvalue weighted by Crippen LogP contribution is -2.29. The average Bonchev–Trinajstić information content (AvgIpc) is 3.26. The van der Waals surface area contributed by atoms with Crippen molar-refractivity contribution in [1.82, 2.24) is 15.3 Å². The Kier molecular flexibility index (Phi) is 5.25. The first-order chi connectivity index (χ1) is 12.1. The van der Waals surface area contributed by atoms with Crippen molar-refractivity contribution < 1.29 is 9.59 Å². The van der Waals surface area contributed by atoms with Gasteiger partial charge in [0, 0.05) is 18.5 Å². The van der Waals surface area contributed by atoms with Gasteiger partial charge in [0.2, 0.25) is 11.8 Å². The largest absolute Gasteiger partial charge is 0.360 e. The van der Waals surface area contributed by atoms with Gasteiger partial charge in [0.25, 0.3) is 0 Å².